The van der Waals surface area contributed by atoms with E-state index >= 15 is 0 Å². The first-order valence-electron chi connectivity index (χ1n) is 19.3. The smallest absolute Gasteiger partial charge is 0.246 e. The first kappa shape index (κ1) is 43.5. The summed E-state index contributed by atoms with van der Waals surface area (Å²) >= 11 is 0. The van der Waals surface area contributed by atoms with Crippen molar-refractivity contribution in [3.05, 3.63) is 29.8 Å². The predicted molar refractivity (Wildman–Crippen MR) is 201 cm³/mol. The van der Waals surface area contributed by atoms with Crippen LogP contribution in [0.2, 0.25) is 0 Å². The molecule has 0 radical (unpaired) electrons. The Labute approximate surface area is 326 Å². The van der Waals surface area contributed by atoms with Crippen molar-refractivity contribution in [3.63, 3.8) is 0 Å². The second kappa shape index (κ2) is 20.1. The van der Waals surface area contributed by atoms with E-state index in [0.717, 1.165) is 0 Å². The van der Waals surface area contributed by atoms with Gasteiger partial charge in [0.15, 0.2) is 0 Å². The average Bonchev–Trinajstić information content (AvgIpc) is 3.85. The van der Waals surface area contributed by atoms with Crippen LogP contribution >= 0.6 is 0 Å². The summed E-state index contributed by atoms with van der Waals surface area (Å²) in [5.41, 5.74) is 0.574. The first-order chi connectivity index (χ1) is 26.6. The van der Waals surface area contributed by atoms with Crippen molar-refractivity contribution in [2.45, 2.75) is 109 Å². The van der Waals surface area contributed by atoms with E-state index in [1.807, 2.05) is 27.7 Å². The molecule has 18 nitrogen and oxygen atoms in total. The van der Waals surface area contributed by atoms with Gasteiger partial charge in [0.05, 0.1) is 19.7 Å². The number of amides is 8. The third-order valence-corrected chi connectivity index (χ3v) is 10.0. The molecule has 56 heavy (non-hydrogen) atoms. The first-order valence-corrected chi connectivity index (χ1v) is 19.3. The molecule has 1 aromatic rings. The summed E-state index contributed by atoms with van der Waals surface area (Å²) in [6.45, 7) is 5.89. The van der Waals surface area contributed by atoms with E-state index in [4.69, 9.17) is 0 Å². The van der Waals surface area contributed by atoms with Crippen LogP contribution in [0.15, 0.2) is 24.3 Å². The van der Waals surface area contributed by atoms with Crippen LogP contribution in [0.25, 0.3) is 0 Å². The Kier molecular flexibility index (Phi) is 15.6. The van der Waals surface area contributed by atoms with Gasteiger partial charge in [-0.3, -0.25) is 38.4 Å². The average molecular weight is 785 g/mol. The van der Waals surface area contributed by atoms with Crippen molar-refractivity contribution in [3.8, 4) is 5.75 Å². The van der Waals surface area contributed by atoms with Gasteiger partial charge < -0.3 is 51.9 Å². The van der Waals surface area contributed by atoms with Crippen LogP contribution in [0.4, 0.5) is 0 Å². The molecule has 1 aromatic carbocycles. The van der Waals surface area contributed by atoms with Crippen LogP contribution in [0.1, 0.15) is 71.8 Å². The highest BCUT2D eigenvalue weighted by atomic mass is 16.3. The molecule has 0 aromatic heterocycles. The zero-order valence-electron chi connectivity index (χ0n) is 32.5. The summed E-state index contributed by atoms with van der Waals surface area (Å²) in [7, 11) is 0. The van der Waals surface area contributed by atoms with E-state index in [1.54, 1.807) is 12.1 Å². The Morgan fingerprint density at radius 3 is 1.77 bits per heavy atom. The minimum atomic E-state index is -1.48. The third kappa shape index (κ3) is 11.9. The van der Waals surface area contributed by atoms with Gasteiger partial charge in [-0.1, -0.05) is 39.8 Å². The lowest BCUT2D eigenvalue weighted by Gasteiger charge is -2.34. The van der Waals surface area contributed by atoms with E-state index in [9.17, 15) is 48.6 Å². The molecule has 0 aliphatic carbocycles. The van der Waals surface area contributed by atoms with Gasteiger partial charge in [-0.2, -0.15) is 0 Å². The Morgan fingerprint density at radius 2 is 1.14 bits per heavy atom. The summed E-state index contributed by atoms with van der Waals surface area (Å²) in [5.74, 6) is -5.50. The van der Waals surface area contributed by atoms with Gasteiger partial charge in [0, 0.05) is 19.5 Å². The fourth-order valence-corrected chi connectivity index (χ4v) is 7.24. The highest BCUT2D eigenvalue weighted by Crippen LogP contribution is 2.27. The number of nitrogens with zero attached hydrogens (tertiary/aromatic N) is 2. The molecule has 6 unspecified atom stereocenters. The second-order valence-electron chi connectivity index (χ2n) is 15.5. The molecule has 0 bridgehead atoms. The van der Waals surface area contributed by atoms with Crippen LogP contribution in [0.3, 0.4) is 0 Å². The number of carbonyl (C=O) groups excluding carboxylic acids is 8. The highest BCUT2D eigenvalue weighted by Gasteiger charge is 2.44. The minimum Gasteiger partial charge on any atom is -0.508 e. The number of carbonyl (C=O) groups is 8. The number of benzene rings is 1. The number of hydrogen-bond acceptors (Lipinski definition) is 10. The van der Waals surface area contributed by atoms with Gasteiger partial charge >= 0.3 is 0 Å². The number of aliphatic hydroxyl groups excluding tert-OH is 1. The molecular weight excluding hydrogens is 728 g/mol. The monoisotopic (exact) mass is 784 g/mol. The maximum absolute atomic E-state index is 14.3. The number of rotatable bonds is 7. The van der Waals surface area contributed by atoms with E-state index in [2.05, 4.69) is 31.9 Å². The van der Waals surface area contributed by atoms with E-state index in [-0.39, 0.29) is 49.9 Å². The van der Waals surface area contributed by atoms with Crippen molar-refractivity contribution in [1.29, 1.82) is 0 Å². The number of aliphatic hydroxyl groups is 1. The molecule has 308 valence electrons. The molecule has 3 fully saturated rings. The van der Waals surface area contributed by atoms with E-state index in [0.29, 0.717) is 31.2 Å². The van der Waals surface area contributed by atoms with Crippen molar-refractivity contribution in [1.82, 2.24) is 41.7 Å². The molecule has 3 heterocycles. The van der Waals surface area contributed by atoms with Crippen LogP contribution in [0, 0.1) is 11.8 Å². The maximum Gasteiger partial charge on any atom is 0.246 e. The van der Waals surface area contributed by atoms with Crippen molar-refractivity contribution in [2.75, 3.05) is 32.8 Å². The summed E-state index contributed by atoms with van der Waals surface area (Å²) in [4.78, 5) is 111. The van der Waals surface area contributed by atoms with Crippen LogP contribution in [-0.4, -0.2) is 136 Å². The van der Waals surface area contributed by atoms with Gasteiger partial charge in [0.2, 0.25) is 47.3 Å². The van der Waals surface area contributed by atoms with Crippen LogP contribution in [-0.2, 0) is 44.8 Å². The number of aromatic hydroxyl groups is 1. The summed E-state index contributed by atoms with van der Waals surface area (Å²) in [5, 5.41) is 34.9. The third-order valence-electron chi connectivity index (χ3n) is 10.0. The molecule has 3 aliphatic heterocycles. The Balaban J connectivity index is 1.66. The van der Waals surface area contributed by atoms with E-state index in [1.165, 1.54) is 21.9 Å². The van der Waals surface area contributed by atoms with Gasteiger partial charge in [-0.15, -0.1) is 0 Å². The lowest BCUT2D eigenvalue weighted by Crippen LogP contribution is -2.60. The normalized spacial score (nSPS) is 26.8. The molecule has 3 aliphatic rings. The summed E-state index contributed by atoms with van der Waals surface area (Å²) in [6, 6.07) is -0.760. The molecule has 3 saturated heterocycles. The standard InChI is InChI=1S/C38H56N8O10/c1-21(2)15-25-34(52)44-28(20-47)33(51)40-18-31(49)39-19-32(50)41-26(17-23-9-11-24(48)12-10-23)35(53)43-27(16-22(3)4)37(55)46-14-6-8-30(46)38(56)45-13-5-7-29(45)36(54)42-25/h9-12,21-22,25-30,47-48H,5-8,13-20H2,1-4H3,(H,39,49)(H,40,51)(H,41,50)(H,42,54)(H,43,53)(H,44,52). The summed E-state index contributed by atoms with van der Waals surface area (Å²) in [6.07, 6.45) is 2.02. The SMILES string of the molecule is CC(C)CC1NC(=O)C2CCCN2C(=O)C2CCCN2C(=O)C(CC(C)C)NC(=O)C(Cc2ccc(O)cc2)NC(=O)CNC(=O)CNC(=O)C(CO)NC1=O. The molecule has 8 amide bonds. The highest BCUT2D eigenvalue weighted by molar-refractivity contribution is 5.98. The topological polar surface area (TPSA) is 256 Å². The van der Waals surface area contributed by atoms with Gasteiger partial charge in [-0.25, -0.2) is 0 Å². The van der Waals surface area contributed by atoms with Crippen LogP contribution < -0.4 is 31.9 Å². The maximum atomic E-state index is 14.3. The van der Waals surface area contributed by atoms with Gasteiger partial charge in [0.1, 0.15) is 42.0 Å². The molecule has 6 atom stereocenters. The number of fused-ring (bicyclic) bond motifs is 2. The Morgan fingerprint density at radius 1 is 0.607 bits per heavy atom. The molecular formula is C38H56N8O10. The lowest BCUT2D eigenvalue weighted by molar-refractivity contribution is -0.148. The minimum absolute atomic E-state index is 0.00745. The molecule has 4 rings (SSSR count). The lowest BCUT2D eigenvalue weighted by atomic mass is 10.00. The number of hydrogen-bond donors (Lipinski definition) is 8. The number of phenolic OH excluding ortho intramolecular Hbond substituents is 1. The van der Waals surface area contributed by atoms with Crippen molar-refractivity contribution < 1.29 is 48.6 Å². The fourth-order valence-electron chi connectivity index (χ4n) is 7.24. The van der Waals surface area contributed by atoms with Gasteiger partial charge in [0.25, 0.3) is 0 Å². The van der Waals surface area contributed by atoms with E-state index < -0.39 is 103 Å². The molecule has 18 heteroatoms. The number of nitrogens with one attached hydrogen (secondary N) is 6. The Bertz CT molecular complexity index is 1620. The fraction of sp³-hybridized carbons (Fsp3) is 0.632. The van der Waals surface area contributed by atoms with Crippen molar-refractivity contribution >= 4 is 47.3 Å². The zero-order chi connectivity index (χ0) is 41.1. The second-order valence-corrected chi connectivity index (χ2v) is 15.5. The predicted octanol–water partition coefficient (Wildman–Crippen LogP) is -1.81. The quantitative estimate of drug-likeness (QED) is 0.154. The van der Waals surface area contributed by atoms with Crippen molar-refractivity contribution in [2.24, 2.45) is 11.8 Å². The number of phenols is 1. The molecule has 8 N–H and O–H groups in total. The van der Waals surface area contributed by atoms with Gasteiger partial charge in [-0.05, 0) is 68.1 Å². The molecule has 0 saturated carbocycles. The zero-order valence-corrected chi connectivity index (χ0v) is 32.5. The molecule has 0 spiro atoms. The largest absolute Gasteiger partial charge is 0.508 e. The van der Waals surface area contributed by atoms with Crippen LogP contribution in [0.5, 0.6) is 5.75 Å². The summed E-state index contributed by atoms with van der Waals surface area (Å²) < 4.78 is 0. The Hall–Kier alpha value is -5.26.